The Morgan fingerprint density at radius 1 is 1.45 bits per heavy atom. The lowest BCUT2D eigenvalue weighted by Gasteiger charge is -2.22. The van der Waals surface area contributed by atoms with Crippen LogP contribution in [0, 0.1) is 0 Å². The zero-order valence-electron chi connectivity index (χ0n) is 11.6. The van der Waals surface area contributed by atoms with Gasteiger partial charge < -0.3 is 9.30 Å². The minimum Gasteiger partial charge on any atom is -0.350 e. The zero-order valence-corrected chi connectivity index (χ0v) is 11.6. The second-order valence-corrected chi connectivity index (χ2v) is 4.79. The van der Waals surface area contributed by atoms with E-state index < -0.39 is 36.0 Å². The van der Waals surface area contributed by atoms with E-state index in [4.69, 9.17) is 9.57 Å². The molecular formula is C13H15F3N2O4. The molecule has 9 heteroatoms. The SMILES string of the molecule is O=C(Cn1cccc(C(F)(F)F)c1=O)NO[C@H]1CCCCO1. The number of carbonyl (C=O) groups is 1. The highest BCUT2D eigenvalue weighted by atomic mass is 19.4. The van der Waals surface area contributed by atoms with Crippen molar-refractivity contribution < 1.29 is 27.5 Å². The Kier molecular flexibility index (Phi) is 5.19. The maximum atomic E-state index is 12.6. The predicted molar refractivity (Wildman–Crippen MR) is 68.5 cm³/mol. The van der Waals surface area contributed by atoms with Crippen LogP contribution in [-0.2, 0) is 27.1 Å². The van der Waals surface area contributed by atoms with E-state index in [9.17, 15) is 22.8 Å². The predicted octanol–water partition coefficient (Wildman–Crippen LogP) is 1.44. The van der Waals surface area contributed by atoms with Crippen molar-refractivity contribution in [2.24, 2.45) is 0 Å². The summed E-state index contributed by atoms with van der Waals surface area (Å²) in [5.74, 6) is -0.740. The monoisotopic (exact) mass is 320 g/mol. The van der Waals surface area contributed by atoms with Crippen LogP contribution in [0.4, 0.5) is 13.2 Å². The third kappa shape index (κ3) is 4.31. The van der Waals surface area contributed by atoms with E-state index >= 15 is 0 Å². The van der Waals surface area contributed by atoms with Crippen LogP contribution in [0.5, 0.6) is 0 Å². The molecule has 0 bridgehead atoms. The summed E-state index contributed by atoms with van der Waals surface area (Å²) in [5, 5.41) is 0. The largest absolute Gasteiger partial charge is 0.421 e. The molecule has 1 N–H and O–H groups in total. The van der Waals surface area contributed by atoms with Gasteiger partial charge in [-0.1, -0.05) is 0 Å². The fraction of sp³-hybridized carbons (Fsp3) is 0.538. The Morgan fingerprint density at radius 3 is 2.86 bits per heavy atom. The number of rotatable bonds is 4. The molecule has 1 saturated heterocycles. The number of hydrogen-bond acceptors (Lipinski definition) is 4. The zero-order chi connectivity index (χ0) is 16.2. The van der Waals surface area contributed by atoms with E-state index in [1.807, 2.05) is 0 Å². The van der Waals surface area contributed by atoms with Crippen molar-refractivity contribution in [1.82, 2.24) is 10.0 Å². The molecule has 0 unspecified atom stereocenters. The normalized spacial score (nSPS) is 19.0. The molecular weight excluding hydrogens is 305 g/mol. The summed E-state index contributed by atoms with van der Waals surface area (Å²) in [6.45, 7) is -0.0525. The molecule has 1 aromatic rings. The average Bonchev–Trinajstić information content (AvgIpc) is 2.47. The molecule has 2 heterocycles. The molecule has 1 atom stereocenters. The van der Waals surface area contributed by atoms with Gasteiger partial charge in [-0.2, -0.15) is 13.2 Å². The summed E-state index contributed by atoms with van der Waals surface area (Å²) in [6.07, 6.45) is -1.81. The van der Waals surface area contributed by atoms with Gasteiger partial charge in [-0.05, 0) is 25.0 Å². The van der Waals surface area contributed by atoms with Crippen LogP contribution in [0.2, 0.25) is 0 Å². The minimum atomic E-state index is -4.76. The van der Waals surface area contributed by atoms with Crippen LogP contribution in [0.1, 0.15) is 24.8 Å². The maximum absolute atomic E-state index is 12.6. The van der Waals surface area contributed by atoms with E-state index in [1.54, 1.807) is 0 Å². The first kappa shape index (κ1) is 16.5. The lowest BCUT2D eigenvalue weighted by Crippen LogP contribution is -2.37. The summed E-state index contributed by atoms with van der Waals surface area (Å²) in [4.78, 5) is 28.3. The molecule has 122 valence electrons. The Labute approximate surface area is 123 Å². The molecule has 1 amide bonds. The van der Waals surface area contributed by atoms with E-state index in [0.29, 0.717) is 23.7 Å². The molecule has 1 aliphatic heterocycles. The molecule has 6 nitrogen and oxygen atoms in total. The Balaban J connectivity index is 1.95. The highest BCUT2D eigenvalue weighted by molar-refractivity contribution is 5.74. The van der Waals surface area contributed by atoms with Gasteiger partial charge in [-0.25, -0.2) is 10.3 Å². The van der Waals surface area contributed by atoms with E-state index in [-0.39, 0.29) is 0 Å². The second kappa shape index (κ2) is 6.93. The molecule has 1 aliphatic rings. The molecule has 0 aliphatic carbocycles. The van der Waals surface area contributed by atoms with Gasteiger partial charge >= 0.3 is 6.18 Å². The van der Waals surface area contributed by atoms with Crippen molar-refractivity contribution in [2.45, 2.75) is 38.3 Å². The summed E-state index contributed by atoms with van der Waals surface area (Å²) >= 11 is 0. The Hall–Kier alpha value is -1.87. The van der Waals surface area contributed by atoms with Crippen LogP contribution in [0.15, 0.2) is 23.1 Å². The van der Waals surface area contributed by atoms with Gasteiger partial charge in [0.05, 0.1) is 0 Å². The number of nitrogens with one attached hydrogen (secondary N) is 1. The van der Waals surface area contributed by atoms with Gasteiger partial charge in [0.1, 0.15) is 12.1 Å². The van der Waals surface area contributed by atoms with Gasteiger partial charge in [0.15, 0.2) is 6.29 Å². The van der Waals surface area contributed by atoms with E-state index in [2.05, 4.69) is 5.48 Å². The molecule has 1 aromatic heterocycles. The number of aromatic nitrogens is 1. The number of nitrogens with zero attached hydrogens (tertiary/aromatic N) is 1. The van der Waals surface area contributed by atoms with Crippen LogP contribution >= 0.6 is 0 Å². The van der Waals surface area contributed by atoms with E-state index in [0.717, 1.165) is 25.1 Å². The molecule has 0 saturated carbocycles. The Morgan fingerprint density at radius 2 is 2.23 bits per heavy atom. The van der Waals surface area contributed by atoms with Crippen molar-refractivity contribution >= 4 is 5.91 Å². The quantitative estimate of drug-likeness (QED) is 0.853. The topological polar surface area (TPSA) is 69.6 Å². The van der Waals surface area contributed by atoms with Gasteiger partial charge in [0, 0.05) is 19.2 Å². The van der Waals surface area contributed by atoms with Crippen LogP contribution in [0.25, 0.3) is 0 Å². The second-order valence-electron chi connectivity index (χ2n) is 4.79. The van der Waals surface area contributed by atoms with E-state index in [1.165, 1.54) is 0 Å². The maximum Gasteiger partial charge on any atom is 0.421 e. The molecule has 0 spiro atoms. The minimum absolute atomic E-state index is 0.521. The lowest BCUT2D eigenvalue weighted by molar-refractivity contribution is -0.200. The number of amides is 1. The van der Waals surface area contributed by atoms with Crippen LogP contribution < -0.4 is 11.0 Å². The van der Waals surface area contributed by atoms with Gasteiger partial charge in [-0.3, -0.25) is 9.59 Å². The standard InChI is InChI=1S/C13H15F3N2O4/c14-13(15,16)9-4-3-6-18(12(9)20)8-10(19)17-22-11-5-1-2-7-21-11/h3-4,6,11H,1-2,5,7-8H2,(H,17,19)/t11-/m0/s1. The number of halogens is 3. The van der Waals surface area contributed by atoms with Crippen LogP contribution in [-0.4, -0.2) is 23.4 Å². The van der Waals surface area contributed by atoms with Crippen molar-refractivity contribution in [1.29, 1.82) is 0 Å². The first-order chi connectivity index (χ1) is 10.4. The average molecular weight is 320 g/mol. The number of hydrogen-bond donors (Lipinski definition) is 1. The number of hydroxylamine groups is 1. The number of ether oxygens (including phenoxy) is 1. The third-order valence-electron chi connectivity index (χ3n) is 3.08. The van der Waals surface area contributed by atoms with Crippen molar-refractivity contribution in [2.75, 3.05) is 6.61 Å². The van der Waals surface area contributed by atoms with Crippen molar-refractivity contribution in [3.8, 4) is 0 Å². The first-order valence-electron chi connectivity index (χ1n) is 6.70. The number of alkyl halides is 3. The lowest BCUT2D eigenvalue weighted by atomic mass is 10.2. The van der Waals surface area contributed by atoms with Gasteiger partial charge in [0.2, 0.25) is 0 Å². The van der Waals surface area contributed by atoms with Crippen molar-refractivity contribution in [3.05, 3.63) is 34.2 Å². The summed E-state index contributed by atoms with van der Waals surface area (Å²) < 4.78 is 43.7. The van der Waals surface area contributed by atoms with Gasteiger partial charge in [-0.15, -0.1) is 0 Å². The highest BCUT2D eigenvalue weighted by Gasteiger charge is 2.34. The molecule has 0 radical (unpaired) electrons. The third-order valence-corrected chi connectivity index (χ3v) is 3.08. The highest BCUT2D eigenvalue weighted by Crippen LogP contribution is 2.25. The first-order valence-corrected chi connectivity index (χ1v) is 6.70. The number of pyridine rings is 1. The van der Waals surface area contributed by atoms with Crippen molar-refractivity contribution in [3.63, 3.8) is 0 Å². The fourth-order valence-corrected chi connectivity index (χ4v) is 2.00. The Bertz CT molecular complexity index is 579. The molecule has 0 aromatic carbocycles. The summed E-state index contributed by atoms with van der Waals surface area (Å²) in [5.41, 5.74) is -0.517. The summed E-state index contributed by atoms with van der Waals surface area (Å²) in [7, 11) is 0. The molecule has 22 heavy (non-hydrogen) atoms. The van der Waals surface area contributed by atoms with Crippen LogP contribution in [0.3, 0.4) is 0 Å². The van der Waals surface area contributed by atoms with Gasteiger partial charge in [0.25, 0.3) is 11.5 Å². The molecule has 1 fully saturated rings. The summed E-state index contributed by atoms with van der Waals surface area (Å²) in [6, 6.07) is 1.73. The number of carbonyl (C=O) groups excluding carboxylic acids is 1. The fourth-order valence-electron chi connectivity index (χ4n) is 2.00. The smallest absolute Gasteiger partial charge is 0.350 e. The molecule has 2 rings (SSSR count).